The van der Waals surface area contributed by atoms with Crippen LogP contribution in [0.15, 0.2) is 34.3 Å². The Morgan fingerprint density at radius 2 is 1.83 bits per heavy atom. The first kappa shape index (κ1) is 18.1. The van der Waals surface area contributed by atoms with E-state index in [-0.39, 0.29) is 11.9 Å². The molecular formula is C17H27N5O2. The molecule has 0 spiro atoms. The maximum absolute atomic E-state index is 5.87. The van der Waals surface area contributed by atoms with E-state index in [1.54, 1.807) is 0 Å². The molecule has 1 aromatic carbocycles. The van der Waals surface area contributed by atoms with E-state index in [2.05, 4.69) is 29.0 Å². The number of aryl methyl sites for hydroxylation is 1. The molecule has 132 valence electrons. The standard InChI is InChI=1S/C17H27N5O2/c1-4-11-23-14-9-7-13(8-10-14)6-5-12-24-22-16(19)20-15(18)21-17(22,2)3/h7-10H,4-6,11-12H2,1-3H3,(H4,18,19,20,21). The van der Waals surface area contributed by atoms with Gasteiger partial charge in [-0.1, -0.05) is 19.1 Å². The molecule has 24 heavy (non-hydrogen) atoms. The second kappa shape index (κ2) is 8.01. The second-order valence-electron chi connectivity index (χ2n) is 6.16. The minimum atomic E-state index is -0.659. The third-order valence-electron chi connectivity index (χ3n) is 3.55. The van der Waals surface area contributed by atoms with Gasteiger partial charge in [0.2, 0.25) is 11.9 Å². The predicted molar refractivity (Wildman–Crippen MR) is 95.7 cm³/mol. The van der Waals surface area contributed by atoms with Crippen LogP contribution in [0.25, 0.3) is 0 Å². The summed E-state index contributed by atoms with van der Waals surface area (Å²) >= 11 is 0. The molecule has 0 saturated carbocycles. The van der Waals surface area contributed by atoms with Gasteiger partial charge in [0, 0.05) is 0 Å². The van der Waals surface area contributed by atoms with E-state index < -0.39 is 5.66 Å². The summed E-state index contributed by atoms with van der Waals surface area (Å²) in [6, 6.07) is 8.16. The summed E-state index contributed by atoms with van der Waals surface area (Å²) in [6.07, 6.45) is 2.77. The van der Waals surface area contributed by atoms with E-state index in [4.69, 9.17) is 21.0 Å². The van der Waals surface area contributed by atoms with Gasteiger partial charge in [0.1, 0.15) is 5.75 Å². The molecule has 7 nitrogen and oxygen atoms in total. The zero-order chi connectivity index (χ0) is 17.6. The van der Waals surface area contributed by atoms with Gasteiger partial charge in [-0.15, -0.1) is 0 Å². The molecule has 0 bridgehead atoms. The Morgan fingerprint density at radius 3 is 2.46 bits per heavy atom. The van der Waals surface area contributed by atoms with Crippen LogP contribution < -0.4 is 16.2 Å². The van der Waals surface area contributed by atoms with Crippen LogP contribution in [0, 0.1) is 0 Å². The van der Waals surface area contributed by atoms with E-state index in [0.717, 1.165) is 31.6 Å². The molecular weight excluding hydrogens is 306 g/mol. The maximum atomic E-state index is 5.87. The maximum Gasteiger partial charge on any atom is 0.226 e. The van der Waals surface area contributed by atoms with Gasteiger partial charge in [-0.2, -0.15) is 10.1 Å². The van der Waals surface area contributed by atoms with Crippen LogP contribution in [0.3, 0.4) is 0 Å². The number of nitrogens with zero attached hydrogens (tertiary/aromatic N) is 3. The second-order valence-corrected chi connectivity index (χ2v) is 6.16. The zero-order valence-electron chi connectivity index (χ0n) is 14.7. The quantitative estimate of drug-likeness (QED) is 0.709. The van der Waals surface area contributed by atoms with Crippen molar-refractivity contribution in [3.8, 4) is 5.75 Å². The predicted octanol–water partition coefficient (Wildman–Crippen LogP) is 2.02. The Morgan fingerprint density at radius 1 is 1.12 bits per heavy atom. The molecule has 0 aromatic heterocycles. The highest BCUT2D eigenvalue weighted by Crippen LogP contribution is 2.20. The molecule has 0 aliphatic carbocycles. The summed E-state index contributed by atoms with van der Waals surface area (Å²) in [4.78, 5) is 13.9. The molecule has 1 aliphatic rings. The number of guanidine groups is 2. The number of aliphatic imine (C=N–C) groups is 2. The Hall–Kier alpha value is -2.28. The highest BCUT2D eigenvalue weighted by molar-refractivity contribution is 5.95. The third kappa shape index (κ3) is 4.86. The molecule has 0 fully saturated rings. The minimum Gasteiger partial charge on any atom is -0.494 e. The Kier molecular flexibility index (Phi) is 6.03. The van der Waals surface area contributed by atoms with E-state index in [9.17, 15) is 0 Å². The van der Waals surface area contributed by atoms with Gasteiger partial charge >= 0.3 is 0 Å². The normalized spacial score (nSPS) is 16.5. The van der Waals surface area contributed by atoms with Crippen LogP contribution >= 0.6 is 0 Å². The molecule has 2 rings (SSSR count). The summed E-state index contributed by atoms with van der Waals surface area (Å²) in [5.41, 5.74) is 12.1. The molecule has 0 atom stereocenters. The number of hydrogen-bond donors (Lipinski definition) is 2. The van der Waals surface area contributed by atoms with Crippen molar-refractivity contribution in [1.82, 2.24) is 5.06 Å². The first-order valence-corrected chi connectivity index (χ1v) is 8.27. The van der Waals surface area contributed by atoms with E-state index in [1.807, 2.05) is 26.0 Å². The first-order valence-electron chi connectivity index (χ1n) is 8.27. The van der Waals surface area contributed by atoms with Crippen LogP contribution in [0.5, 0.6) is 5.75 Å². The third-order valence-corrected chi connectivity index (χ3v) is 3.55. The summed E-state index contributed by atoms with van der Waals surface area (Å²) in [5, 5.41) is 1.51. The van der Waals surface area contributed by atoms with Crippen LogP contribution in [0.1, 0.15) is 39.2 Å². The highest BCUT2D eigenvalue weighted by Gasteiger charge is 2.32. The van der Waals surface area contributed by atoms with Gasteiger partial charge in [-0.25, -0.2) is 4.99 Å². The monoisotopic (exact) mass is 333 g/mol. The van der Waals surface area contributed by atoms with Gasteiger partial charge in [-0.05, 0) is 50.8 Å². The molecule has 0 amide bonds. The van der Waals surface area contributed by atoms with Gasteiger partial charge < -0.3 is 16.2 Å². The van der Waals surface area contributed by atoms with Crippen molar-refractivity contribution < 1.29 is 9.57 Å². The topological polar surface area (TPSA) is 98.5 Å². The number of benzene rings is 1. The summed E-state index contributed by atoms with van der Waals surface area (Å²) in [5.74, 6) is 1.30. The largest absolute Gasteiger partial charge is 0.494 e. The van der Waals surface area contributed by atoms with Crippen molar-refractivity contribution >= 4 is 11.9 Å². The fraction of sp³-hybridized carbons (Fsp3) is 0.529. The molecule has 1 heterocycles. The van der Waals surface area contributed by atoms with Crippen LogP contribution in [0.4, 0.5) is 0 Å². The van der Waals surface area contributed by atoms with Gasteiger partial charge in [0.15, 0.2) is 5.66 Å². The molecule has 0 unspecified atom stereocenters. The lowest BCUT2D eigenvalue weighted by Gasteiger charge is -2.36. The fourth-order valence-electron chi connectivity index (χ4n) is 2.42. The Balaban J connectivity index is 1.78. The van der Waals surface area contributed by atoms with Crippen molar-refractivity contribution in [2.24, 2.45) is 21.5 Å². The number of nitrogens with two attached hydrogens (primary N) is 2. The van der Waals surface area contributed by atoms with Gasteiger partial charge in [0.25, 0.3) is 0 Å². The Bertz CT molecular complexity index is 596. The van der Waals surface area contributed by atoms with Crippen LogP contribution in [0.2, 0.25) is 0 Å². The number of ether oxygens (including phenoxy) is 1. The van der Waals surface area contributed by atoms with Crippen LogP contribution in [-0.2, 0) is 11.3 Å². The van der Waals surface area contributed by atoms with Crippen molar-refractivity contribution in [2.75, 3.05) is 13.2 Å². The zero-order valence-corrected chi connectivity index (χ0v) is 14.7. The lowest BCUT2D eigenvalue weighted by Crippen LogP contribution is -2.53. The molecule has 1 aliphatic heterocycles. The number of rotatable bonds is 8. The number of hydroxylamine groups is 2. The highest BCUT2D eigenvalue weighted by atomic mass is 16.7. The average Bonchev–Trinajstić information content (AvgIpc) is 2.51. The van der Waals surface area contributed by atoms with E-state index >= 15 is 0 Å². The molecule has 7 heteroatoms. The van der Waals surface area contributed by atoms with E-state index in [1.165, 1.54) is 10.6 Å². The molecule has 4 N–H and O–H groups in total. The van der Waals surface area contributed by atoms with Gasteiger partial charge in [-0.3, -0.25) is 4.84 Å². The number of hydrogen-bond acceptors (Lipinski definition) is 7. The van der Waals surface area contributed by atoms with Crippen molar-refractivity contribution in [3.63, 3.8) is 0 Å². The van der Waals surface area contributed by atoms with E-state index in [0.29, 0.717) is 6.61 Å². The van der Waals surface area contributed by atoms with Gasteiger partial charge in [0.05, 0.1) is 13.2 Å². The van der Waals surface area contributed by atoms with Crippen molar-refractivity contribution in [1.29, 1.82) is 0 Å². The van der Waals surface area contributed by atoms with Crippen LogP contribution in [-0.4, -0.2) is 35.9 Å². The summed E-state index contributed by atoms with van der Waals surface area (Å²) < 4.78 is 5.58. The molecule has 1 aromatic rings. The first-order chi connectivity index (χ1) is 11.4. The van der Waals surface area contributed by atoms with Crippen molar-refractivity contribution in [2.45, 2.75) is 45.7 Å². The SMILES string of the molecule is CCCOc1ccc(CCCON2C(N)=NC(N)=NC2(C)C)cc1. The minimum absolute atomic E-state index is 0.169. The Labute approximate surface area is 143 Å². The average molecular weight is 333 g/mol. The van der Waals surface area contributed by atoms with Crippen molar-refractivity contribution in [3.05, 3.63) is 29.8 Å². The summed E-state index contributed by atoms with van der Waals surface area (Å²) in [6.45, 7) is 7.10. The smallest absolute Gasteiger partial charge is 0.226 e. The molecule has 0 radical (unpaired) electrons. The lowest BCUT2D eigenvalue weighted by molar-refractivity contribution is -0.157. The fourth-order valence-corrected chi connectivity index (χ4v) is 2.42. The summed E-state index contributed by atoms with van der Waals surface area (Å²) in [7, 11) is 0. The lowest BCUT2D eigenvalue weighted by atomic mass is 10.1. The molecule has 0 saturated heterocycles.